The molecule has 3 rings (SSSR count). The molecule has 0 spiro atoms. The van der Waals surface area contributed by atoms with Crippen LogP contribution in [0.3, 0.4) is 0 Å². The molecule has 5 heteroatoms. The number of rotatable bonds is 3. The second-order valence-electron chi connectivity index (χ2n) is 5.07. The van der Waals surface area contributed by atoms with Gasteiger partial charge in [0.1, 0.15) is 18.0 Å². The van der Waals surface area contributed by atoms with Gasteiger partial charge in [-0.25, -0.2) is 4.79 Å². The highest BCUT2D eigenvalue weighted by molar-refractivity contribution is 5.86. The van der Waals surface area contributed by atoms with Gasteiger partial charge >= 0.3 is 5.97 Å². The van der Waals surface area contributed by atoms with E-state index in [0.717, 1.165) is 11.3 Å². The molecule has 0 aromatic heterocycles. The molecule has 1 unspecified atom stereocenters. The second-order valence-corrected chi connectivity index (χ2v) is 5.07. The highest BCUT2D eigenvalue weighted by Gasteiger charge is 2.33. The second kappa shape index (κ2) is 5.97. The van der Waals surface area contributed by atoms with Crippen LogP contribution in [0.5, 0.6) is 5.75 Å². The first-order valence-electron chi connectivity index (χ1n) is 7.13. The van der Waals surface area contributed by atoms with Gasteiger partial charge in [-0.15, -0.1) is 0 Å². The number of carbonyl (C=O) groups is 1. The molecule has 5 nitrogen and oxygen atoms in total. The Bertz CT molecular complexity index is 673. The van der Waals surface area contributed by atoms with Crippen molar-refractivity contribution in [2.75, 3.05) is 30.9 Å². The van der Waals surface area contributed by atoms with E-state index in [-0.39, 0.29) is 5.97 Å². The van der Waals surface area contributed by atoms with E-state index in [1.54, 1.807) is 6.07 Å². The van der Waals surface area contributed by atoms with Crippen molar-refractivity contribution < 1.29 is 14.3 Å². The minimum atomic E-state index is -0.543. The zero-order valence-electron chi connectivity index (χ0n) is 12.4. The number of esters is 1. The van der Waals surface area contributed by atoms with Gasteiger partial charge in [0.25, 0.3) is 0 Å². The molecule has 1 atom stereocenters. The lowest BCUT2D eigenvalue weighted by atomic mass is 10.0. The van der Waals surface area contributed by atoms with Crippen molar-refractivity contribution in [3.05, 3.63) is 54.1 Å². The standard InChI is InChI=1S/C17H18N2O3/c1-21-17(20)15(12-6-3-2-4-7-12)19-10-11-22-14-9-5-8-13(18)16(14)19/h2-9,15H,10-11,18H2,1H3. The van der Waals surface area contributed by atoms with Gasteiger partial charge in [-0.05, 0) is 17.7 Å². The molecule has 1 aliphatic heterocycles. The number of methoxy groups -OCH3 is 1. The van der Waals surface area contributed by atoms with E-state index in [1.165, 1.54) is 7.11 Å². The maximum absolute atomic E-state index is 12.4. The molecule has 2 N–H and O–H groups in total. The van der Waals surface area contributed by atoms with Gasteiger partial charge in [-0.3, -0.25) is 0 Å². The minimum Gasteiger partial charge on any atom is -0.489 e. The molecule has 2 aromatic rings. The van der Waals surface area contributed by atoms with Gasteiger partial charge in [0.2, 0.25) is 0 Å². The summed E-state index contributed by atoms with van der Waals surface area (Å²) in [6.45, 7) is 1.06. The van der Waals surface area contributed by atoms with Crippen molar-refractivity contribution >= 4 is 17.3 Å². The zero-order chi connectivity index (χ0) is 15.5. The van der Waals surface area contributed by atoms with E-state index >= 15 is 0 Å². The average Bonchev–Trinajstić information content (AvgIpc) is 2.56. The van der Waals surface area contributed by atoms with Gasteiger partial charge in [0.15, 0.2) is 6.04 Å². The lowest BCUT2D eigenvalue weighted by Crippen LogP contribution is -2.40. The fraction of sp³-hybridized carbons (Fsp3) is 0.235. The van der Waals surface area contributed by atoms with Gasteiger partial charge in [-0.1, -0.05) is 36.4 Å². The summed E-state index contributed by atoms with van der Waals surface area (Å²) < 4.78 is 10.7. The highest BCUT2D eigenvalue weighted by Crippen LogP contribution is 2.41. The fourth-order valence-electron chi connectivity index (χ4n) is 2.78. The normalized spacial score (nSPS) is 14.7. The molecule has 0 fully saturated rings. The first-order chi connectivity index (χ1) is 10.7. The van der Waals surface area contributed by atoms with Crippen LogP contribution in [0.2, 0.25) is 0 Å². The quantitative estimate of drug-likeness (QED) is 0.696. The van der Waals surface area contributed by atoms with Crippen molar-refractivity contribution in [1.82, 2.24) is 0 Å². The topological polar surface area (TPSA) is 64.8 Å². The number of carbonyl (C=O) groups excluding carboxylic acids is 1. The van der Waals surface area contributed by atoms with Crippen molar-refractivity contribution in [3.63, 3.8) is 0 Å². The summed E-state index contributed by atoms with van der Waals surface area (Å²) in [7, 11) is 1.40. The number of fused-ring (bicyclic) bond motifs is 1. The predicted molar refractivity (Wildman–Crippen MR) is 84.9 cm³/mol. The Morgan fingerprint density at radius 1 is 1.23 bits per heavy atom. The van der Waals surface area contributed by atoms with E-state index in [4.69, 9.17) is 15.2 Å². The molecule has 1 aliphatic rings. The number of hydrogen-bond acceptors (Lipinski definition) is 5. The predicted octanol–water partition coefficient (Wildman–Crippen LogP) is 2.38. The Kier molecular flexibility index (Phi) is 3.87. The molecule has 0 aliphatic carbocycles. The maximum atomic E-state index is 12.4. The molecule has 0 saturated carbocycles. The van der Waals surface area contributed by atoms with Crippen molar-refractivity contribution in [1.29, 1.82) is 0 Å². The number of hydrogen-bond donors (Lipinski definition) is 1. The van der Waals surface area contributed by atoms with Crippen LogP contribution in [-0.4, -0.2) is 26.2 Å². The number of nitrogens with zero attached hydrogens (tertiary/aromatic N) is 1. The van der Waals surface area contributed by atoms with Crippen LogP contribution in [0, 0.1) is 0 Å². The van der Waals surface area contributed by atoms with Crippen LogP contribution in [0.25, 0.3) is 0 Å². The molecular formula is C17H18N2O3. The third kappa shape index (κ3) is 2.45. The van der Waals surface area contributed by atoms with Gasteiger partial charge in [-0.2, -0.15) is 0 Å². The highest BCUT2D eigenvalue weighted by atomic mass is 16.5. The number of ether oxygens (including phenoxy) is 2. The maximum Gasteiger partial charge on any atom is 0.333 e. The third-order valence-electron chi connectivity index (χ3n) is 3.76. The molecular weight excluding hydrogens is 280 g/mol. The largest absolute Gasteiger partial charge is 0.489 e. The van der Waals surface area contributed by atoms with Crippen molar-refractivity contribution in [2.24, 2.45) is 0 Å². The van der Waals surface area contributed by atoms with Crippen LogP contribution < -0.4 is 15.4 Å². The summed E-state index contributed by atoms with van der Waals surface area (Å²) in [5.41, 5.74) is 8.31. The number of benzene rings is 2. The van der Waals surface area contributed by atoms with Gasteiger partial charge < -0.3 is 20.1 Å². The molecule has 0 saturated heterocycles. The smallest absolute Gasteiger partial charge is 0.333 e. The zero-order valence-corrected chi connectivity index (χ0v) is 12.4. The fourth-order valence-corrected chi connectivity index (χ4v) is 2.78. The summed E-state index contributed by atoms with van der Waals surface area (Å²) in [4.78, 5) is 14.3. The van der Waals surface area contributed by atoms with Crippen molar-refractivity contribution in [3.8, 4) is 5.75 Å². The van der Waals surface area contributed by atoms with E-state index < -0.39 is 6.04 Å². The Labute approximate surface area is 129 Å². The Balaban J connectivity index is 2.09. The first kappa shape index (κ1) is 14.3. The van der Waals surface area contributed by atoms with Crippen LogP contribution in [0.4, 0.5) is 11.4 Å². The summed E-state index contributed by atoms with van der Waals surface area (Å²) in [5, 5.41) is 0. The summed E-state index contributed by atoms with van der Waals surface area (Å²) in [6, 6.07) is 14.5. The number of para-hydroxylation sites is 1. The Morgan fingerprint density at radius 2 is 2.00 bits per heavy atom. The average molecular weight is 298 g/mol. The van der Waals surface area contributed by atoms with Gasteiger partial charge in [0.05, 0.1) is 19.3 Å². The van der Waals surface area contributed by atoms with E-state index in [2.05, 4.69) is 0 Å². The number of nitrogen functional groups attached to an aromatic ring is 1. The van der Waals surface area contributed by atoms with Crippen LogP contribution >= 0.6 is 0 Å². The first-order valence-corrected chi connectivity index (χ1v) is 7.13. The van der Waals surface area contributed by atoms with Gasteiger partial charge in [0, 0.05) is 0 Å². The SMILES string of the molecule is COC(=O)C(c1ccccc1)N1CCOc2cccc(N)c21. The Morgan fingerprint density at radius 3 is 2.73 bits per heavy atom. The van der Waals surface area contributed by atoms with E-state index in [1.807, 2.05) is 47.4 Å². The summed E-state index contributed by atoms with van der Waals surface area (Å²) in [6.07, 6.45) is 0. The molecule has 114 valence electrons. The van der Waals surface area contributed by atoms with Crippen LogP contribution in [0.15, 0.2) is 48.5 Å². The summed E-state index contributed by atoms with van der Waals surface area (Å²) in [5.74, 6) is 0.374. The van der Waals surface area contributed by atoms with Crippen LogP contribution in [0.1, 0.15) is 11.6 Å². The van der Waals surface area contributed by atoms with E-state index in [0.29, 0.717) is 24.6 Å². The van der Waals surface area contributed by atoms with Crippen LogP contribution in [-0.2, 0) is 9.53 Å². The molecule has 2 aromatic carbocycles. The number of nitrogens with two attached hydrogens (primary N) is 1. The Hall–Kier alpha value is -2.69. The molecule has 0 radical (unpaired) electrons. The molecule has 0 amide bonds. The lowest BCUT2D eigenvalue weighted by molar-refractivity contribution is -0.142. The minimum absolute atomic E-state index is 0.317. The number of anilines is 2. The molecule has 1 heterocycles. The third-order valence-corrected chi connectivity index (χ3v) is 3.76. The molecule has 0 bridgehead atoms. The molecule has 22 heavy (non-hydrogen) atoms. The summed E-state index contributed by atoms with van der Waals surface area (Å²) >= 11 is 0. The monoisotopic (exact) mass is 298 g/mol. The van der Waals surface area contributed by atoms with E-state index in [9.17, 15) is 4.79 Å². The van der Waals surface area contributed by atoms with Crippen molar-refractivity contribution in [2.45, 2.75) is 6.04 Å². The lowest BCUT2D eigenvalue weighted by Gasteiger charge is -2.37.